The number of benzene rings is 2. The number of aliphatic hydroxyl groups is 1. The summed E-state index contributed by atoms with van der Waals surface area (Å²) in [7, 11) is 1.74. The Morgan fingerprint density at radius 3 is 2.79 bits per heavy atom. The highest BCUT2D eigenvalue weighted by Gasteiger charge is 2.36. The quantitative estimate of drug-likeness (QED) is 0.364. The molecule has 0 bridgehead atoms. The molecule has 2 aromatic carbocycles. The summed E-state index contributed by atoms with van der Waals surface area (Å²) >= 11 is 1.89. The first-order valence-corrected chi connectivity index (χ1v) is 12.4. The summed E-state index contributed by atoms with van der Waals surface area (Å²) in [6, 6.07) is 16.6. The minimum atomic E-state index is -0.538. The van der Waals surface area contributed by atoms with E-state index in [1.54, 1.807) is 7.11 Å². The molecule has 0 saturated carbocycles. The first-order valence-electron chi connectivity index (χ1n) is 11.6. The second-order valence-corrected chi connectivity index (χ2v) is 10.7. The van der Waals surface area contributed by atoms with Gasteiger partial charge >= 0.3 is 0 Å². The van der Waals surface area contributed by atoms with Gasteiger partial charge in [-0.2, -0.15) is 0 Å². The van der Waals surface area contributed by atoms with Gasteiger partial charge in [-0.1, -0.05) is 12.1 Å². The van der Waals surface area contributed by atoms with Crippen molar-refractivity contribution < 1.29 is 14.6 Å². The summed E-state index contributed by atoms with van der Waals surface area (Å²) in [5.74, 6) is 2.29. The summed E-state index contributed by atoms with van der Waals surface area (Å²) < 4.78 is 12.8. The monoisotopic (exact) mass is 464 g/mol. The Kier molecular flexibility index (Phi) is 6.08. The van der Waals surface area contributed by atoms with Gasteiger partial charge in [0.15, 0.2) is 0 Å². The maximum Gasteiger partial charge on any atom is 0.128 e. The molecule has 5 rings (SSSR count). The van der Waals surface area contributed by atoms with E-state index in [1.807, 2.05) is 47.9 Å². The molecule has 174 valence electrons. The Morgan fingerprint density at radius 2 is 1.97 bits per heavy atom. The fourth-order valence-electron chi connectivity index (χ4n) is 5.14. The van der Waals surface area contributed by atoms with Crippen LogP contribution in [0.25, 0.3) is 21.0 Å². The summed E-state index contributed by atoms with van der Waals surface area (Å²) in [6.45, 7) is 6.45. The molecule has 2 aromatic heterocycles. The average Bonchev–Trinajstić information content (AvgIpc) is 3.46. The number of hydrogen-bond acceptors (Lipinski definition) is 5. The van der Waals surface area contributed by atoms with Crippen molar-refractivity contribution in [3.63, 3.8) is 0 Å². The van der Waals surface area contributed by atoms with Gasteiger partial charge in [0.1, 0.15) is 24.2 Å². The van der Waals surface area contributed by atoms with Crippen LogP contribution in [0.2, 0.25) is 0 Å². The molecule has 4 aromatic rings. The number of methoxy groups -OCH3 is 1. The van der Waals surface area contributed by atoms with E-state index < -0.39 is 6.10 Å². The van der Waals surface area contributed by atoms with E-state index in [9.17, 15) is 5.11 Å². The Balaban J connectivity index is 1.22. The number of likely N-dealkylation sites (tertiary alicyclic amines) is 1. The van der Waals surface area contributed by atoms with E-state index >= 15 is 0 Å². The normalized spacial score (nSPS) is 19.7. The third-order valence-electron chi connectivity index (χ3n) is 6.93. The number of β-amino-alcohol motifs (C(OH)–C–C–N with tert-alkyl or cyclic N) is 1. The number of aliphatic hydroxyl groups excluding tert-OH is 1. The van der Waals surface area contributed by atoms with Gasteiger partial charge in [-0.05, 0) is 75.5 Å². The van der Waals surface area contributed by atoms with Gasteiger partial charge < -0.3 is 19.6 Å². The minimum absolute atomic E-state index is 0.00477. The van der Waals surface area contributed by atoms with Crippen LogP contribution < -0.4 is 9.47 Å². The molecule has 1 saturated heterocycles. The van der Waals surface area contributed by atoms with Crippen LogP contribution in [0, 0.1) is 0 Å². The smallest absolute Gasteiger partial charge is 0.128 e. The van der Waals surface area contributed by atoms with Crippen LogP contribution >= 0.6 is 11.3 Å². The molecule has 0 aliphatic carbocycles. The number of hydrogen-bond donors (Lipinski definition) is 2. The lowest BCUT2D eigenvalue weighted by Crippen LogP contribution is -2.52. The second-order valence-electron chi connectivity index (χ2n) is 9.63. The number of aromatic nitrogens is 1. The molecule has 0 radical (unpaired) electrons. The number of aromatic amines is 1. The predicted octanol–water partition coefficient (Wildman–Crippen LogP) is 5.79. The van der Waals surface area contributed by atoms with Crippen molar-refractivity contribution in [1.29, 1.82) is 0 Å². The first-order chi connectivity index (χ1) is 15.9. The van der Waals surface area contributed by atoms with Crippen LogP contribution in [-0.4, -0.2) is 53.4 Å². The van der Waals surface area contributed by atoms with Crippen molar-refractivity contribution in [2.75, 3.05) is 26.8 Å². The highest BCUT2D eigenvalue weighted by molar-refractivity contribution is 7.19. The maximum atomic E-state index is 10.8. The first kappa shape index (κ1) is 22.3. The topological polar surface area (TPSA) is 57.7 Å². The molecule has 6 heteroatoms. The van der Waals surface area contributed by atoms with Crippen molar-refractivity contribution in [2.45, 2.75) is 44.2 Å². The van der Waals surface area contributed by atoms with Crippen LogP contribution in [-0.2, 0) is 0 Å². The molecule has 2 N–H and O–H groups in total. The van der Waals surface area contributed by atoms with E-state index in [4.69, 9.17) is 9.47 Å². The molecule has 1 aliphatic heterocycles. The van der Waals surface area contributed by atoms with Crippen molar-refractivity contribution >= 4 is 32.3 Å². The molecule has 2 atom stereocenters. The average molecular weight is 465 g/mol. The number of H-pyrrole nitrogens is 1. The molecular weight excluding hydrogens is 432 g/mol. The van der Waals surface area contributed by atoms with Crippen molar-refractivity contribution in [3.8, 4) is 11.5 Å². The van der Waals surface area contributed by atoms with Crippen molar-refractivity contribution in [1.82, 2.24) is 9.88 Å². The number of piperidine rings is 1. The highest BCUT2D eigenvalue weighted by atomic mass is 32.1. The van der Waals surface area contributed by atoms with E-state index in [0.29, 0.717) is 12.5 Å². The summed E-state index contributed by atoms with van der Waals surface area (Å²) in [4.78, 5) is 7.05. The second kappa shape index (κ2) is 9.01. The van der Waals surface area contributed by atoms with E-state index in [0.717, 1.165) is 41.8 Å². The summed E-state index contributed by atoms with van der Waals surface area (Å²) in [6.07, 6.45) is 3.53. The largest absolute Gasteiger partial charge is 0.496 e. The number of nitrogens with one attached hydrogen (secondary N) is 1. The standard InChI is InChI=1S/C27H32N2O3S/c1-27(2)15-18(26-14-21-23(31-3)7-5-9-25(21)33-26)11-13-29(27)16-19(30)17-32-24-8-4-6-22-20(24)10-12-28-22/h4-10,12,14,18-19,28,30H,11,13,15-17H2,1-3H3. The van der Waals surface area contributed by atoms with Crippen molar-refractivity contribution in [2.24, 2.45) is 0 Å². The Labute approximate surface area is 198 Å². The minimum Gasteiger partial charge on any atom is -0.496 e. The lowest BCUT2D eigenvalue weighted by molar-refractivity contribution is 0.00396. The van der Waals surface area contributed by atoms with E-state index in [2.05, 4.69) is 41.9 Å². The summed E-state index contributed by atoms with van der Waals surface area (Å²) in [5.41, 5.74) is 1.05. The number of nitrogens with zero attached hydrogens (tertiary/aromatic N) is 1. The highest BCUT2D eigenvalue weighted by Crippen LogP contribution is 2.43. The number of rotatable bonds is 7. The predicted molar refractivity (Wildman–Crippen MR) is 136 cm³/mol. The van der Waals surface area contributed by atoms with Crippen LogP contribution in [0.3, 0.4) is 0 Å². The molecule has 5 nitrogen and oxygen atoms in total. The zero-order chi connectivity index (χ0) is 23.0. The molecule has 33 heavy (non-hydrogen) atoms. The summed E-state index contributed by atoms with van der Waals surface area (Å²) in [5, 5.41) is 13.0. The zero-order valence-electron chi connectivity index (χ0n) is 19.5. The Bertz CT molecular complexity index is 1240. The lowest BCUT2D eigenvalue weighted by Gasteiger charge is -2.46. The van der Waals surface area contributed by atoms with Crippen LogP contribution in [0.5, 0.6) is 11.5 Å². The fraction of sp³-hybridized carbons (Fsp3) is 0.407. The molecular formula is C27H32N2O3S. The van der Waals surface area contributed by atoms with E-state index in [1.165, 1.54) is 15.0 Å². The van der Waals surface area contributed by atoms with Gasteiger partial charge in [0.2, 0.25) is 0 Å². The molecule has 0 spiro atoms. The van der Waals surface area contributed by atoms with E-state index in [-0.39, 0.29) is 12.1 Å². The van der Waals surface area contributed by atoms with Gasteiger partial charge in [-0.15, -0.1) is 11.3 Å². The van der Waals surface area contributed by atoms with Gasteiger partial charge in [0.05, 0.1) is 7.11 Å². The molecule has 3 heterocycles. The zero-order valence-corrected chi connectivity index (χ0v) is 20.3. The van der Waals surface area contributed by atoms with Gasteiger partial charge in [0.25, 0.3) is 0 Å². The number of thiophene rings is 1. The Morgan fingerprint density at radius 1 is 1.15 bits per heavy atom. The number of fused-ring (bicyclic) bond motifs is 2. The maximum absolute atomic E-state index is 10.8. The number of ether oxygens (including phenoxy) is 2. The molecule has 1 aliphatic rings. The third-order valence-corrected chi connectivity index (χ3v) is 8.19. The van der Waals surface area contributed by atoms with Crippen molar-refractivity contribution in [3.05, 3.63) is 59.6 Å². The van der Waals surface area contributed by atoms with Gasteiger partial charge in [-0.3, -0.25) is 4.90 Å². The van der Waals surface area contributed by atoms with Crippen LogP contribution in [0.4, 0.5) is 0 Å². The fourth-order valence-corrected chi connectivity index (χ4v) is 6.35. The molecule has 2 unspecified atom stereocenters. The van der Waals surface area contributed by atoms with Gasteiger partial charge in [-0.25, -0.2) is 0 Å². The van der Waals surface area contributed by atoms with Gasteiger partial charge in [0, 0.05) is 44.1 Å². The van der Waals surface area contributed by atoms with Crippen LogP contribution in [0.1, 0.15) is 37.5 Å². The third kappa shape index (κ3) is 4.47. The van der Waals surface area contributed by atoms with Crippen LogP contribution in [0.15, 0.2) is 54.7 Å². The molecule has 0 amide bonds. The lowest BCUT2D eigenvalue weighted by atomic mass is 9.81. The molecule has 1 fully saturated rings. The Hall–Kier alpha value is -2.54. The SMILES string of the molecule is COc1cccc2sc(C3CCN(CC(O)COc4cccc5[nH]ccc45)C(C)(C)C3)cc12.